The standard InChI is InChI=1S/C22H18ClN7O3S/c1-32-10-15-17(19(31)28-22-30-24-11-34-22)18(12-6-2-3-7-13(12)23)27-20(25-15)29-21-26-14-8-4-5-9-16(14)33-21/h2-9,11,18H,10H2,1H3,(H,28,30,31)(H2,25,26,27,29). The lowest BCUT2D eigenvalue weighted by molar-refractivity contribution is -0.113. The minimum absolute atomic E-state index is 0.119. The fraction of sp³-hybridized carbons (Fsp3) is 0.136. The highest BCUT2D eigenvalue weighted by atomic mass is 35.5. The Kier molecular flexibility index (Phi) is 6.21. The van der Waals surface area contributed by atoms with Gasteiger partial charge in [0.05, 0.1) is 17.9 Å². The Labute approximate surface area is 202 Å². The number of carbonyl (C=O) groups is 1. The number of nitrogens with zero attached hydrogens (tertiary/aromatic N) is 4. The van der Waals surface area contributed by atoms with E-state index in [1.54, 1.807) is 13.2 Å². The maximum atomic E-state index is 13.3. The Morgan fingerprint density at radius 2 is 2.06 bits per heavy atom. The number of para-hydroxylation sites is 2. The van der Waals surface area contributed by atoms with Crippen molar-refractivity contribution in [2.75, 3.05) is 24.4 Å². The zero-order valence-corrected chi connectivity index (χ0v) is 19.4. The summed E-state index contributed by atoms with van der Waals surface area (Å²) >= 11 is 7.72. The summed E-state index contributed by atoms with van der Waals surface area (Å²) in [4.78, 5) is 22.5. The monoisotopic (exact) mass is 495 g/mol. The number of benzene rings is 2. The number of aliphatic imine (C=N–C) groups is 1. The Bertz CT molecular complexity index is 1370. The first-order valence-electron chi connectivity index (χ1n) is 10.1. The molecule has 3 N–H and O–H groups in total. The van der Waals surface area contributed by atoms with Crippen molar-refractivity contribution in [1.82, 2.24) is 20.5 Å². The number of hydrogen-bond donors (Lipinski definition) is 3. The molecule has 0 spiro atoms. The molecule has 4 aromatic rings. The van der Waals surface area contributed by atoms with Crippen LogP contribution in [0.1, 0.15) is 11.6 Å². The number of rotatable bonds is 6. The molecule has 0 radical (unpaired) electrons. The zero-order valence-electron chi connectivity index (χ0n) is 17.8. The van der Waals surface area contributed by atoms with Crippen LogP contribution in [0, 0.1) is 0 Å². The van der Waals surface area contributed by atoms with Crippen molar-refractivity contribution >= 4 is 57.1 Å². The van der Waals surface area contributed by atoms with Crippen molar-refractivity contribution in [3.05, 3.63) is 75.9 Å². The maximum Gasteiger partial charge on any atom is 0.302 e. The number of fused-ring (bicyclic) bond motifs is 1. The predicted molar refractivity (Wildman–Crippen MR) is 130 cm³/mol. The number of amides is 1. The van der Waals surface area contributed by atoms with Crippen LogP contribution in [-0.2, 0) is 9.53 Å². The number of nitrogens with one attached hydrogen (secondary N) is 3. The molecule has 3 heterocycles. The second-order valence-electron chi connectivity index (χ2n) is 7.16. The molecule has 1 aliphatic rings. The van der Waals surface area contributed by atoms with Crippen molar-refractivity contribution in [2.24, 2.45) is 4.99 Å². The van der Waals surface area contributed by atoms with Gasteiger partial charge in [0.15, 0.2) is 5.58 Å². The Hall–Kier alpha value is -3.80. The van der Waals surface area contributed by atoms with Gasteiger partial charge >= 0.3 is 6.01 Å². The number of aromatic nitrogens is 3. The molecule has 0 bridgehead atoms. The van der Waals surface area contributed by atoms with E-state index in [1.165, 1.54) is 16.8 Å². The van der Waals surface area contributed by atoms with Crippen LogP contribution in [0.5, 0.6) is 0 Å². The summed E-state index contributed by atoms with van der Waals surface area (Å²) in [6, 6.07) is 14.1. The average Bonchev–Trinajstić information content (AvgIpc) is 3.48. The van der Waals surface area contributed by atoms with E-state index >= 15 is 0 Å². The fourth-order valence-electron chi connectivity index (χ4n) is 3.52. The van der Waals surface area contributed by atoms with Gasteiger partial charge in [-0.2, -0.15) is 4.98 Å². The van der Waals surface area contributed by atoms with Crippen molar-refractivity contribution in [2.45, 2.75) is 6.04 Å². The SMILES string of the molecule is COCC1=C(C(=O)Nc2nncs2)C(c2ccccc2Cl)N=C(Nc2nc3ccccc3o2)N1. The van der Waals surface area contributed by atoms with Gasteiger partial charge < -0.3 is 14.5 Å². The third kappa shape index (κ3) is 4.49. The molecule has 1 aliphatic heterocycles. The maximum absolute atomic E-state index is 13.3. The molecule has 10 nitrogen and oxygen atoms in total. The van der Waals surface area contributed by atoms with Gasteiger partial charge in [0.25, 0.3) is 5.91 Å². The van der Waals surface area contributed by atoms with Crippen LogP contribution in [0.3, 0.4) is 0 Å². The van der Waals surface area contributed by atoms with Crippen molar-refractivity contribution in [3.8, 4) is 0 Å². The minimum Gasteiger partial charge on any atom is -0.423 e. The molecule has 0 saturated carbocycles. The summed E-state index contributed by atoms with van der Waals surface area (Å²) in [5.74, 6) is -0.0677. The van der Waals surface area contributed by atoms with Gasteiger partial charge in [-0.15, -0.1) is 10.2 Å². The van der Waals surface area contributed by atoms with Crippen LogP contribution < -0.4 is 16.0 Å². The molecule has 2 aromatic heterocycles. The molecular weight excluding hydrogens is 478 g/mol. The Morgan fingerprint density at radius 3 is 2.82 bits per heavy atom. The molecule has 172 valence electrons. The third-order valence-electron chi connectivity index (χ3n) is 4.96. The Morgan fingerprint density at radius 1 is 1.24 bits per heavy atom. The molecule has 34 heavy (non-hydrogen) atoms. The molecule has 0 saturated heterocycles. The molecule has 0 fully saturated rings. The summed E-state index contributed by atoms with van der Waals surface area (Å²) in [5.41, 5.74) is 4.36. The van der Waals surface area contributed by atoms with E-state index in [4.69, 9.17) is 25.7 Å². The van der Waals surface area contributed by atoms with Crippen molar-refractivity contribution in [3.63, 3.8) is 0 Å². The normalized spacial score (nSPS) is 15.7. The minimum atomic E-state index is -0.736. The molecule has 12 heteroatoms. The van der Waals surface area contributed by atoms with Gasteiger partial charge in [0, 0.05) is 17.7 Å². The molecule has 1 unspecified atom stereocenters. The van der Waals surface area contributed by atoms with E-state index < -0.39 is 11.9 Å². The first-order valence-corrected chi connectivity index (χ1v) is 11.4. The fourth-order valence-corrected chi connectivity index (χ4v) is 4.20. The van der Waals surface area contributed by atoms with Gasteiger partial charge in [0.1, 0.15) is 17.1 Å². The summed E-state index contributed by atoms with van der Waals surface area (Å²) in [6.45, 7) is 0.119. The lowest BCUT2D eigenvalue weighted by atomic mass is 9.95. The first-order chi connectivity index (χ1) is 16.6. The van der Waals surface area contributed by atoms with Crippen LogP contribution in [0.2, 0.25) is 5.02 Å². The van der Waals surface area contributed by atoms with E-state index in [0.717, 1.165) is 0 Å². The molecule has 5 rings (SSSR count). The second kappa shape index (κ2) is 9.59. The smallest absolute Gasteiger partial charge is 0.302 e. The number of oxazole rings is 1. The number of hydrogen-bond acceptors (Lipinski definition) is 10. The van der Waals surface area contributed by atoms with E-state index in [1.807, 2.05) is 42.5 Å². The van der Waals surface area contributed by atoms with Crippen LogP contribution in [0.15, 0.2) is 74.7 Å². The molecule has 2 aromatic carbocycles. The number of ether oxygens (including phenoxy) is 1. The van der Waals surface area contributed by atoms with E-state index in [2.05, 4.69) is 31.1 Å². The van der Waals surface area contributed by atoms with Crippen molar-refractivity contribution < 1.29 is 13.9 Å². The van der Waals surface area contributed by atoms with E-state index in [-0.39, 0.29) is 12.6 Å². The van der Waals surface area contributed by atoms with Crippen LogP contribution >= 0.6 is 22.9 Å². The molecule has 1 amide bonds. The number of halogens is 1. The number of methoxy groups -OCH3 is 1. The highest BCUT2D eigenvalue weighted by Crippen LogP contribution is 2.35. The highest BCUT2D eigenvalue weighted by Gasteiger charge is 2.33. The van der Waals surface area contributed by atoms with Crippen LogP contribution in [0.25, 0.3) is 11.1 Å². The van der Waals surface area contributed by atoms with Gasteiger partial charge in [-0.3, -0.25) is 15.4 Å². The van der Waals surface area contributed by atoms with Crippen LogP contribution in [-0.4, -0.2) is 40.8 Å². The predicted octanol–water partition coefficient (Wildman–Crippen LogP) is 3.98. The van der Waals surface area contributed by atoms with Gasteiger partial charge in [-0.05, 0) is 18.2 Å². The molecular formula is C22H18ClN7O3S. The van der Waals surface area contributed by atoms with Gasteiger partial charge in [0.2, 0.25) is 11.1 Å². The highest BCUT2D eigenvalue weighted by molar-refractivity contribution is 7.13. The molecule has 1 atom stereocenters. The molecule has 0 aliphatic carbocycles. The lowest BCUT2D eigenvalue weighted by Crippen LogP contribution is -2.39. The van der Waals surface area contributed by atoms with Gasteiger partial charge in [-0.1, -0.05) is 53.3 Å². The first kappa shape index (κ1) is 22.0. The van der Waals surface area contributed by atoms with Crippen molar-refractivity contribution in [1.29, 1.82) is 0 Å². The summed E-state index contributed by atoms with van der Waals surface area (Å²) in [6.07, 6.45) is 0. The van der Waals surface area contributed by atoms with Gasteiger partial charge in [-0.25, -0.2) is 4.99 Å². The summed E-state index contributed by atoms with van der Waals surface area (Å²) < 4.78 is 11.1. The van der Waals surface area contributed by atoms with E-state index in [9.17, 15) is 4.79 Å². The quantitative estimate of drug-likeness (QED) is 0.366. The number of anilines is 2. The summed E-state index contributed by atoms with van der Waals surface area (Å²) in [5, 5.41) is 17.5. The van der Waals surface area contributed by atoms with Crippen LogP contribution in [0.4, 0.5) is 11.1 Å². The zero-order chi connectivity index (χ0) is 23.5. The average molecular weight is 496 g/mol. The summed E-state index contributed by atoms with van der Waals surface area (Å²) in [7, 11) is 1.54. The topological polar surface area (TPSA) is 127 Å². The Balaban J connectivity index is 1.54. The number of carbonyl (C=O) groups excluding carboxylic acids is 1. The third-order valence-corrected chi connectivity index (χ3v) is 5.91. The number of guanidine groups is 1. The second-order valence-corrected chi connectivity index (χ2v) is 8.40. The lowest BCUT2D eigenvalue weighted by Gasteiger charge is -2.27. The largest absolute Gasteiger partial charge is 0.423 e. The van der Waals surface area contributed by atoms with E-state index in [0.29, 0.717) is 44.0 Å².